The van der Waals surface area contributed by atoms with Crippen molar-refractivity contribution in [1.29, 1.82) is 0 Å². The largest absolute Gasteiger partial charge is 0.322 e. The molecule has 5 nitrogen and oxygen atoms in total. The van der Waals surface area contributed by atoms with Gasteiger partial charge >= 0.3 is 0 Å². The van der Waals surface area contributed by atoms with Gasteiger partial charge in [-0.1, -0.05) is 36.4 Å². The molecular formula is C16H14N2O3. The molecule has 2 rings (SSSR count). The van der Waals surface area contributed by atoms with Gasteiger partial charge in [0.1, 0.15) is 0 Å². The van der Waals surface area contributed by atoms with Gasteiger partial charge in [0.15, 0.2) is 0 Å². The van der Waals surface area contributed by atoms with Crippen molar-refractivity contribution in [3.8, 4) is 0 Å². The average Bonchev–Trinajstić information content (AvgIpc) is 2.48. The predicted molar refractivity (Wildman–Crippen MR) is 81.9 cm³/mol. The number of nitrogens with one attached hydrogen (secondary N) is 1. The Morgan fingerprint density at radius 1 is 1.19 bits per heavy atom. The van der Waals surface area contributed by atoms with Crippen LogP contribution in [-0.4, -0.2) is 10.8 Å². The van der Waals surface area contributed by atoms with Crippen molar-refractivity contribution >= 4 is 23.4 Å². The van der Waals surface area contributed by atoms with E-state index in [2.05, 4.69) is 5.32 Å². The molecule has 0 unspecified atom stereocenters. The third kappa shape index (κ3) is 4.01. The monoisotopic (exact) mass is 282 g/mol. The maximum absolute atomic E-state index is 11.8. The maximum Gasteiger partial charge on any atom is 0.274 e. The van der Waals surface area contributed by atoms with E-state index >= 15 is 0 Å². The van der Waals surface area contributed by atoms with Gasteiger partial charge in [0.05, 0.1) is 4.92 Å². The molecule has 0 saturated carbocycles. The second-order valence-electron chi connectivity index (χ2n) is 4.49. The second-order valence-corrected chi connectivity index (χ2v) is 4.49. The number of nitro groups is 1. The van der Waals surface area contributed by atoms with Gasteiger partial charge in [-0.2, -0.15) is 0 Å². The van der Waals surface area contributed by atoms with E-state index in [1.54, 1.807) is 25.1 Å². The highest BCUT2D eigenvalue weighted by molar-refractivity contribution is 6.02. The van der Waals surface area contributed by atoms with E-state index in [-0.39, 0.29) is 11.6 Å². The number of anilines is 1. The van der Waals surface area contributed by atoms with Crippen LogP contribution in [-0.2, 0) is 4.79 Å². The van der Waals surface area contributed by atoms with E-state index in [0.717, 1.165) is 5.56 Å². The SMILES string of the molecule is Cc1ccc(NC(=O)C=Cc2ccccc2)cc1[N+](=O)[O-]. The molecule has 5 heteroatoms. The molecule has 0 atom stereocenters. The minimum absolute atomic E-state index is 0.0140. The van der Waals surface area contributed by atoms with Crippen LogP contribution < -0.4 is 5.32 Å². The molecule has 0 aliphatic heterocycles. The summed E-state index contributed by atoms with van der Waals surface area (Å²) in [4.78, 5) is 22.2. The number of benzene rings is 2. The molecule has 1 N–H and O–H groups in total. The quantitative estimate of drug-likeness (QED) is 0.529. The highest BCUT2D eigenvalue weighted by Crippen LogP contribution is 2.22. The molecule has 2 aromatic rings. The molecule has 2 aromatic carbocycles. The van der Waals surface area contributed by atoms with Crippen LogP contribution in [0, 0.1) is 17.0 Å². The lowest BCUT2D eigenvalue weighted by Crippen LogP contribution is -2.08. The summed E-state index contributed by atoms with van der Waals surface area (Å²) in [6.07, 6.45) is 3.07. The predicted octanol–water partition coefficient (Wildman–Crippen LogP) is 3.56. The Balaban J connectivity index is 2.08. The zero-order chi connectivity index (χ0) is 15.2. The van der Waals surface area contributed by atoms with Gasteiger partial charge in [-0.05, 0) is 24.6 Å². The van der Waals surface area contributed by atoms with Gasteiger partial charge in [0.25, 0.3) is 5.69 Å². The van der Waals surface area contributed by atoms with Crippen molar-refractivity contribution < 1.29 is 9.72 Å². The van der Waals surface area contributed by atoms with Gasteiger partial charge in [-0.15, -0.1) is 0 Å². The van der Waals surface area contributed by atoms with E-state index < -0.39 is 4.92 Å². The number of nitrogens with zero attached hydrogens (tertiary/aromatic N) is 1. The summed E-state index contributed by atoms with van der Waals surface area (Å²) >= 11 is 0. The summed E-state index contributed by atoms with van der Waals surface area (Å²) in [6.45, 7) is 1.65. The highest BCUT2D eigenvalue weighted by atomic mass is 16.6. The number of hydrogen-bond donors (Lipinski definition) is 1. The van der Waals surface area contributed by atoms with Crippen LogP contribution in [0.3, 0.4) is 0 Å². The molecule has 0 spiro atoms. The first-order valence-corrected chi connectivity index (χ1v) is 6.35. The summed E-state index contributed by atoms with van der Waals surface area (Å²) in [5, 5.41) is 13.5. The first-order valence-electron chi connectivity index (χ1n) is 6.35. The van der Waals surface area contributed by atoms with Gasteiger partial charge in [-0.3, -0.25) is 14.9 Å². The van der Waals surface area contributed by atoms with Crippen LogP contribution in [0.25, 0.3) is 6.08 Å². The molecule has 0 aromatic heterocycles. The van der Waals surface area contributed by atoms with Crippen LogP contribution in [0.2, 0.25) is 0 Å². The highest BCUT2D eigenvalue weighted by Gasteiger charge is 2.11. The number of aryl methyl sites for hydroxylation is 1. The molecule has 106 valence electrons. The van der Waals surface area contributed by atoms with E-state index in [1.807, 2.05) is 30.3 Å². The van der Waals surface area contributed by atoms with Crippen LogP contribution >= 0.6 is 0 Å². The fourth-order valence-corrected chi connectivity index (χ4v) is 1.80. The molecule has 0 saturated heterocycles. The first-order chi connectivity index (χ1) is 10.1. The lowest BCUT2D eigenvalue weighted by molar-refractivity contribution is -0.385. The molecule has 0 heterocycles. The van der Waals surface area contributed by atoms with E-state index in [1.165, 1.54) is 12.1 Å². The zero-order valence-electron chi connectivity index (χ0n) is 11.4. The number of rotatable bonds is 4. The Labute approximate surface area is 122 Å². The number of amides is 1. The van der Waals surface area contributed by atoms with Crippen molar-refractivity contribution in [3.63, 3.8) is 0 Å². The summed E-state index contributed by atoms with van der Waals surface area (Å²) < 4.78 is 0. The summed E-state index contributed by atoms with van der Waals surface area (Å²) in [5.41, 5.74) is 1.84. The summed E-state index contributed by atoms with van der Waals surface area (Å²) in [6, 6.07) is 14.0. The van der Waals surface area contributed by atoms with E-state index in [9.17, 15) is 14.9 Å². The second kappa shape index (κ2) is 6.47. The van der Waals surface area contributed by atoms with Crippen molar-refractivity contribution in [2.45, 2.75) is 6.92 Å². The van der Waals surface area contributed by atoms with Gasteiger partial charge < -0.3 is 5.32 Å². The fourth-order valence-electron chi connectivity index (χ4n) is 1.80. The van der Waals surface area contributed by atoms with Crippen molar-refractivity contribution in [2.75, 3.05) is 5.32 Å². The van der Waals surface area contributed by atoms with Crippen LogP contribution in [0.4, 0.5) is 11.4 Å². The van der Waals surface area contributed by atoms with E-state index in [4.69, 9.17) is 0 Å². The smallest absolute Gasteiger partial charge is 0.274 e. The van der Waals surface area contributed by atoms with Crippen LogP contribution in [0.15, 0.2) is 54.6 Å². The maximum atomic E-state index is 11.8. The molecule has 0 fully saturated rings. The molecule has 1 amide bonds. The lowest BCUT2D eigenvalue weighted by atomic mass is 10.2. The Morgan fingerprint density at radius 2 is 1.90 bits per heavy atom. The Bertz CT molecular complexity index is 694. The number of carbonyl (C=O) groups is 1. The molecule has 21 heavy (non-hydrogen) atoms. The van der Waals surface area contributed by atoms with Gasteiger partial charge in [0, 0.05) is 23.4 Å². The Morgan fingerprint density at radius 3 is 2.57 bits per heavy atom. The molecule has 0 radical (unpaired) electrons. The Kier molecular flexibility index (Phi) is 4.46. The van der Waals surface area contributed by atoms with Crippen LogP contribution in [0.5, 0.6) is 0 Å². The normalized spacial score (nSPS) is 10.5. The van der Waals surface area contributed by atoms with E-state index in [0.29, 0.717) is 11.3 Å². The summed E-state index contributed by atoms with van der Waals surface area (Å²) in [5.74, 6) is -0.336. The van der Waals surface area contributed by atoms with Gasteiger partial charge in [-0.25, -0.2) is 0 Å². The van der Waals surface area contributed by atoms with Crippen LogP contribution in [0.1, 0.15) is 11.1 Å². The topological polar surface area (TPSA) is 72.2 Å². The number of nitro benzene ring substituents is 1. The molecule has 0 aliphatic carbocycles. The Hall–Kier alpha value is -2.95. The van der Waals surface area contributed by atoms with Crippen molar-refractivity contribution in [3.05, 3.63) is 75.8 Å². The fraction of sp³-hybridized carbons (Fsp3) is 0.0625. The minimum Gasteiger partial charge on any atom is -0.322 e. The zero-order valence-corrected chi connectivity index (χ0v) is 11.4. The van der Waals surface area contributed by atoms with Gasteiger partial charge in [0.2, 0.25) is 5.91 Å². The summed E-state index contributed by atoms with van der Waals surface area (Å²) in [7, 11) is 0. The molecule has 0 aliphatic rings. The average molecular weight is 282 g/mol. The number of carbonyl (C=O) groups excluding carboxylic acids is 1. The first kappa shape index (κ1) is 14.5. The third-order valence-corrected chi connectivity index (χ3v) is 2.90. The van der Waals surface area contributed by atoms with Crippen molar-refractivity contribution in [1.82, 2.24) is 0 Å². The lowest BCUT2D eigenvalue weighted by Gasteiger charge is -2.03. The minimum atomic E-state index is -0.467. The number of hydrogen-bond acceptors (Lipinski definition) is 3. The molecular weight excluding hydrogens is 268 g/mol. The van der Waals surface area contributed by atoms with Crippen molar-refractivity contribution in [2.24, 2.45) is 0 Å². The third-order valence-electron chi connectivity index (χ3n) is 2.90. The standard InChI is InChI=1S/C16H14N2O3/c1-12-7-9-14(11-15(12)18(20)21)17-16(19)10-8-13-5-3-2-4-6-13/h2-11H,1H3,(H,17,19). The molecule has 0 bridgehead atoms.